The van der Waals surface area contributed by atoms with Gasteiger partial charge in [-0.1, -0.05) is 0 Å². The highest BCUT2D eigenvalue weighted by Gasteiger charge is 2.25. The quantitative estimate of drug-likeness (QED) is 0.462. The van der Waals surface area contributed by atoms with E-state index in [-0.39, 0.29) is 5.91 Å². The van der Waals surface area contributed by atoms with E-state index >= 15 is 0 Å². The molecule has 0 aliphatic carbocycles. The number of fused-ring (bicyclic) bond motifs is 2. The fourth-order valence-corrected chi connectivity index (χ4v) is 6.17. The smallest absolute Gasteiger partial charge is 0.226 e. The fourth-order valence-electron chi connectivity index (χ4n) is 3.67. The highest BCUT2D eigenvalue weighted by molar-refractivity contribution is 7.23. The Bertz CT molecular complexity index is 1060. The van der Waals surface area contributed by atoms with Crippen LogP contribution in [0.4, 0.5) is 5.00 Å². The van der Waals surface area contributed by atoms with E-state index in [0.29, 0.717) is 19.6 Å². The van der Waals surface area contributed by atoms with E-state index in [1.165, 1.54) is 10.4 Å². The third kappa shape index (κ3) is 4.55. The Balaban J connectivity index is 1.62. The van der Waals surface area contributed by atoms with Gasteiger partial charge in [-0.05, 0) is 38.4 Å². The van der Waals surface area contributed by atoms with Crippen molar-refractivity contribution >= 4 is 43.8 Å². The van der Waals surface area contributed by atoms with Crippen molar-refractivity contribution < 1.29 is 9.53 Å². The highest BCUT2D eigenvalue weighted by Crippen LogP contribution is 2.45. The predicted molar refractivity (Wildman–Crippen MR) is 124 cm³/mol. The summed E-state index contributed by atoms with van der Waals surface area (Å²) in [4.78, 5) is 23.4. The van der Waals surface area contributed by atoms with Crippen LogP contribution in [0.1, 0.15) is 28.2 Å². The number of pyridine rings is 1. The molecule has 0 saturated carbocycles. The van der Waals surface area contributed by atoms with Crippen LogP contribution in [0.3, 0.4) is 0 Å². The number of carbonyl (C=O) groups excluding carboxylic acids is 1. The first kappa shape index (κ1) is 21.3. The molecule has 0 radical (unpaired) electrons. The summed E-state index contributed by atoms with van der Waals surface area (Å²) in [7, 11) is 1.67. The molecule has 1 aliphatic rings. The van der Waals surface area contributed by atoms with Gasteiger partial charge in [-0.25, -0.2) is 4.98 Å². The summed E-state index contributed by atoms with van der Waals surface area (Å²) in [5, 5.41) is 11.7. The minimum absolute atomic E-state index is 0.0162. The zero-order valence-electron chi connectivity index (χ0n) is 17.6. The number of methoxy groups -OCH3 is 1. The molecule has 4 heterocycles. The Labute approximate surface area is 184 Å². The number of ether oxygens (including phenoxy) is 1. The molecule has 7 nitrogen and oxygen atoms in total. The number of rotatable bonds is 8. The van der Waals surface area contributed by atoms with Gasteiger partial charge in [0.2, 0.25) is 5.91 Å². The van der Waals surface area contributed by atoms with Crippen molar-refractivity contribution in [2.24, 2.45) is 0 Å². The molecule has 3 aromatic rings. The van der Waals surface area contributed by atoms with Crippen LogP contribution < -0.4 is 16.0 Å². The zero-order chi connectivity index (χ0) is 21.1. The second-order valence-electron chi connectivity index (χ2n) is 7.39. The van der Waals surface area contributed by atoms with Gasteiger partial charge in [0.05, 0.1) is 17.0 Å². The van der Waals surface area contributed by atoms with Gasteiger partial charge in [0, 0.05) is 49.3 Å². The average Bonchev–Trinajstić information content (AvgIpc) is 3.28. The maximum atomic E-state index is 12.6. The van der Waals surface area contributed by atoms with Crippen molar-refractivity contribution in [1.29, 1.82) is 0 Å². The number of nitrogens with zero attached hydrogens (tertiary/aromatic N) is 2. The van der Waals surface area contributed by atoms with Crippen molar-refractivity contribution in [3.05, 3.63) is 27.9 Å². The van der Waals surface area contributed by atoms with E-state index in [1.807, 2.05) is 13.8 Å². The summed E-state index contributed by atoms with van der Waals surface area (Å²) < 4.78 is 6.16. The number of aryl methyl sites for hydroxylation is 2. The van der Waals surface area contributed by atoms with E-state index in [0.717, 1.165) is 63.2 Å². The molecule has 160 valence electrons. The van der Waals surface area contributed by atoms with Crippen LogP contribution in [-0.4, -0.2) is 49.2 Å². The van der Waals surface area contributed by atoms with Crippen molar-refractivity contribution in [2.75, 3.05) is 38.7 Å². The van der Waals surface area contributed by atoms with Crippen LogP contribution in [-0.2, 0) is 22.5 Å². The van der Waals surface area contributed by atoms with E-state index in [1.54, 1.807) is 29.8 Å². The van der Waals surface area contributed by atoms with E-state index < -0.39 is 0 Å². The number of thiophene rings is 1. The van der Waals surface area contributed by atoms with Crippen LogP contribution in [0.2, 0.25) is 0 Å². The first-order valence-electron chi connectivity index (χ1n) is 10.2. The topological polar surface area (TPSA) is 88.2 Å². The molecular formula is C21H27N5O2S2. The molecule has 1 amide bonds. The summed E-state index contributed by atoms with van der Waals surface area (Å²) in [5.74, 6) is 0.0162. The molecule has 0 saturated heterocycles. The third-order valence-electron chi connectivity index (χ3n) is 5.09. The number of carbonyl (C=O) groups is 1. The van der Waals surface area contributed by atoms with Gasteiger partial charge < -0.3 is 20.7 Å². The zero-order valence-corrected chi connectivity index (χ0v) is 19.2. The van der Waals surface area contributed by atoms with Crippen LogP contribution in [0.5, 0.6) is 0 Å². The van der Waals surface area contributed by atoms with Gasteiger partial charge in [0.1, 0.15) is 15.5 Å². The fraction of sp³-hybridized carbons (Fsp3) is 0.476. The second kappa shape index (κ2) is 9.49. The first-order valence-corrected chi connectivity index (χ1v) is 11.8. The standard InChI is InChI=1S/C21H27N5O2S2/c1-12-10-15-19(13(2)24-12)26-21(29-15)18-14-4-6-23-11-16(14)30-20(18)25-17(27)5-7-22-8-9-28-3/h10,22-23H,4-9,11H2,1-3H3,(H,25,27). The van der Waals surface area contributed by atoms with Crippen molar-refractivity contribution in [1.82, 2.24) is 20.6 Å². The molecule has 0 unspecified atom stereocenters. The SMILES string of the molecule is COCCNCCC(=O)Nc1sc2c(c1-c1nc3c(C)nc(C)cc3s1)CCNC2. The molecule has 0 fully saturated rings. The number of nitrogens with one attached hydrogen (secondary N) is 3. The summed E-state index contributed by atoms with van der Waals surface area (Å²) >= 11 is 3.35. The molecule has 0 spiro atoms. The van der Waals surface area contributed by atoms with Crippen molar-refractivity contribution in [2.45, 2.75) is 33.2 Å². The van der Waals surface area contributed by atoms with Gasteiger partial charge >= 0.3 is 0 Å². The van der Waals surface area contributed by atoms with Gasteiger partial charge in [-0.2, -0.15) is 0 Å². The maximum absolute atomic E-state index is 12.6. The number of hydrogen-bond donors (Lipinski definition) is 3. The molecule has 1 aliphatic heterocycles. The summed E-state index contributed by atoms with van der Waals surface area (Å²) in [6.07, 6.45) is 1.37. The molecule has 3 N–H and O–H groups in total. The average molecular weight is 446 g/mol. The maximum Gasteiger partial charge on any atom is 0.226 e. The molecule has 9 heteroatoms. The number of thiazole rings is 1. The lowest BCUT2D eigenvalue weighted by Gasteiger charge is -2.13. The van der Waals surface area contributed by atoms with Crippen LogP contribution in [0, 0.1) is 13.8 Å². The van der Waals surface area contributed by atoms with E-state index in [9.17, 15) is 4.79 Å². The molecule has 30 heavy (non-hydrogen) atoms. The van der Waals surface area contributed by atoms with E-state index in [2.05, 4.69) is 27.0 Å². The second-order valence-corrected chi connectivity index (χ2v) is 9.53. The summed E-state index contributed by atoms with van der Waals surface area (Å²) in [6, 6.07) is 2.09. The third-order valence-corrected chi connectivity index (χ3v) is 7.25. The molecule has 3 aromatic heterocycles. The number of amides is 1. The summed E-state index contributed by atoms with van der Waals surface area (Å²) in [6.45, 7) is 7.81. The minimum Gasteiger partial charge on any atom is -0.383 e. The van der Waals surface area contributed by atoms with Crippen LogP contribution >= 0.6 is 22.7 Å². The Morgan fingerprint density at radius 2 is 2.13 bits per heavy atom. The largest absolute Gasteiger partial charge is 0.383 e. The Morgan fingerprint density at radius 3 is 2.97 bits per heavy atom. The highest BCUT2D eigenvalue weighted by atomic mass is 32.1. The van der Waals surface area contributed by atoms with Crippen molar-refractivity contribution in [3.63, 3.8) is 0 Å². The number of aromatic nitrogens is 2. The Morgan fingerprint density at radius 1 is 1.27 bits per heavy atom. The van der Waals surface area contributed by atoms with Crippen LogP contribution in [0.25, 0.3) is 20.8 Å². The molecule has 0 atom stereocenters. The molecule has 0 aromatic carbocycles. The first-order chi connectivity index (χ1) is 14.6. The van der Waals surface area contributed by atoms with Crippen LogP contribution in [0.15, 0.2) is 6.07 Å². The number of anilines is 1. The van der Waals surface area contributed by atoms with Crippen molar-refractivity contribution in [3.8, 4) is 10.6 Å². The lowest BCUT2D eigenvalue weighted by atomic mass is 10.0. The van der Waals surface area contributed by atoms with E-state index in [4.69, 9.17) is 9.72 Å². The van der Waals surface area contributed by atoms with Gasteiger partial charge in [0.25, 0.3) is 0 Å². The summed E-state index contributed by atoms with van der Waals surface area (Å²) in [5.41, 5.74) is 5.31. The monoisotopic (exact) mass is 445 g/mol. The normalized spacial score (nSPS) is 13.6. The Kier molecular flexibility index (Phi) is 6.74. The number of hydrogen-bond acceptors (Lipinski definition) is 8. The molecule has 4 rings (SSSR count). The van der Waals surface area contributed by atoms with Gasteiger partial charge in [-0.15, -0.1) is 22.7 Å². The van der Waals surface area contributed by atoms with Gasteiger partial charge in [0.15, 0.2) is 0 Å². The Hall–Kier alpha value is -1.91. The minimum atomic E-state index is 0.0162. The molecule has 0 bridgehead atoms. The lowest BCUT2D eigenvalue weighted by Crippen LogP contribution is -2.24. The lowest BCUT2D eigenvalue weighted by molar-refractivity contribution is -0.116. The predicted octanol–water partition coefficient (Wildman–Crippen LogP) is 3.25. The van der Waals surface area contributed by atoms with Gasteiger partial charge in [-0.3, -0.25) is 9.78 Å². The molecular weight excluding hydrogens is 418 g/mol.